The van der Waals surface area contributed by atoms with Gasteiger partial charge in [0.05, 0.1) is 0 Å². The molecule has 1 aliphatic heterocycles. The third-order valence-corrected chi connectivity index (χ3v) is 6.54. The molecule has 0 aliphatic carbocycles. The van der Waals surface area contributed by atoms with Gasteiger partial charge in [0, 0.05) is 48.4 Å². The van der Waals surface area contributed by atoms with Gasteiger partial charge in [-0.1, -0.05) is 6.07 Å². The van der Waals surface area contributed by atoms with Crippen molar-refractivity contribution >= 4 is 29.0 Å². The van der Waals surface area contributed by atoms with Gasteiger partial charge in [0.25, 0.3) is 5.91 Å². The fourth-order valence-corrected chi connectivity index (χ4v) is 4.57. The van der Waals surface area contributed by atoms with Crippen molar-refractivity contribution in [2.45, 2.75) is 19.8 Å². The lowest BCUT2D eigenvalue weighted by molar-refractivity contribution is -0.114. The summed E-state index contributed by atoms with van der Waals surface area (Å²) < 4.78 is 26.8. The Bertz CT molecular complexity index is 1250. The maximum Gasteiger partial charge on any atom is 0.258 e. The van der Waals surface area contributed by atoms with Crippen LogP contribution >= 0.6 is 0 Å². The van der Waals surface area contributed by atoms with Crippen LogP contribution in [0.1, 0.15) is 40.5 Å². The second-order valence-corrected chi connectivity index (χ2v) is 9.18. The van der Waals surface area contributed by atoms with Crippen LogP contribution < -0.4 is 10.2 Å². The summed E-state index contributed by atoms with van der Waals surface area (Å²) in [6.07, 6.45) is 1.36. The number of anilines is 2. The van der Waals surface area contributed by atoms with Gasteiger partial charge in [-0.2, -0.15) is 0 Å². The number of halogens is 2. The summed E-state index contributed by atoms with van der Waals surface area (Å²) in [5.41, 5.74) is 2.01. The number of nitrogens with zero attached hydrogens (tertiary/aromatic N) is 2. The van der Waals surface area contributed by atoms with Crippen molar-refractivity contribution in [2.24, 2.45) is 5.92 Å². The molecule has 0 aromatic heterocycles. The Kier molecular flexibility index (Phi) is 8.40. The van der Waals surface area contributed by atoms with E-state index in [1.165, 1.54) is 43.3 Å². The highest BCUT2D eigenvalue weighted by Crippen LogP contribution is 2.24. The van der Waals surface area contributed by atoms with Crippen LogP contribution in [0, 0.1) is 17.6 Å². The molecule has 0 atom stereocenters. The number of amides is 2. The lowest BCUT2D eigenvalue weighted by atomic mass is 9.89. The predicted molar refractivity (Wildman–Crippen MR) is 139 cm³/mol. The largest absolute Gasteiger partial charge is 0.326 e. The summed E-state index contributed by atoms with van der Waals surface area (Å²) in [6, 6.07) is 18.1. The van der Waals surface area contributed by atoms with Crippen LogP contribution in [-0.2, 0) is 4.79 Å². The number of rotatable bonds is 8. The standard InChI is InChI=1S/C29H29F2N3O3/c1-20(35)32-26-4-2-3-23(19-26)29(37)34(27-11-9-25(31)10-12-27)18-17-33-15-13-22(14-16-33)28(36)21-5-7-24(30)8-6-21/h2-12,19,22H,13-18H2,1H3,(H,32,35). The molecule has 0 saturated carbocycles. The third-order valence-electron chi connectivity index (χ3n) is 6.54. The number of benzene rings is 3. The van der Waals surface area contributed by atoms with E-state index in [0.29, 0.717) is 61.5 Å². The molecule has 0 spiro atoms. The number of carbonyl (C=O) groups is 3. The lowest BCUT2D eigenvalue weighted by Crippen LogP contribution is -2.43. The summed E-state index contributed by atoms with van der Waals surface area (Å²) in [5, 5.41) is 2.68. The van der Waals surface area contributed by atoms with Gasteiger partial charge in [-0.3, -0.25) is 14.4 Å². The SMILES string of the molecule is CC(=O)Nc1cccc(C(=O)N(CCN2CCC(C(=O)c3ccc(F)cc3)CC2)c2ccc(F)cc2)c1. The van der Waals surface area contributed by atoms with E-state index in [1.54, 1.807) is 41.3 Å². The maximum atomic E-state index is 13.6. The van der Waals surface area contributed by atoms with Crippen molar-refractivity contribution in [3.63, 3.8) is 0 Å². The molecule has 6 nitrogen and oxygen atoms in total. The Morgan fingerprint density at radius 2 is 1.51 bits per heavy atom. The molecule has 37 heavy (non-hydrogen) atoms. The van der Waals surface area contributed by atoms with E-state index in [0.717, 1.165) is 0 Å². The van der Waals surface area contributed by atoms with Gasteiger partial charge in [-0.05, 0) is 92.7 Å². The molecule has 1 aliphatic rings. The van der Waals surface area contributed by atoms with Gasteiger partial charge in [-0.15, -0.1) is 0 Å². The zero-order chi connectivity index (χ0) is 26.4. The van der Waals surface area contributed by atoms with E-state index in [-0.39, 0.29) is 29.3 Å². The minimum atomic E-state index is -0.392. The molecule has 8 heteroatoms. The highest BCUT2D eigenvalue weighted by Gasteiger charge is 2.27. The molecular weight excluding hydrogens is 476 g/mol. The van der Waals surface area contributed by atoms with Crippen LogP contribution in [0.3, 0.4) is 0 Å². The lowest BCUT2D eigenvalue weighted by Gasteiger charge is -2.33. The number of hydrogen-bond donors (Lipinski definition) is 1. The first-order chi connectivity index (χ1) is 17.8. The van der Waals surface area contributed by atoms with E-state index in [9.17, 15) is 23.2 Å². The van der Waals surface area contributed by atoms with Gasteiger partial charge in [0.15, 0.2) is 5.78 Å². The quantitative estimate of drug-likeness (QED) is 0.429. The molecule has 0 bridgehead atoms. The second-order valence-electron chi connectivity index (χ2n) is 9.18. The summed E-state index contributed by atoms with van der Waals surface area (Å²) >= 11 is 0. The molecule has 1 saturated heterocycles. The molecule has 2 amide bonds. The Hall–Kier alpha value is -3.91. The van der Waals surface area contributed by atoms with Crippen LogP contribution in [0.4, 0.5) is 20.2 Å². The van der Waals surface area contributed by atoms with Crippen molar-refractivity contribution in [1.29, 1.82) is 0 Å². The molecular formula is C29H29F2N3O3. The summed E-state index contributed by atoms with van der Waals surface area (Å²) in [5.74, 6) is -1.35. The molecule has 192 valence electrons. The number of carbonyl (C=O) groups excluding carboxylic acids is 3. The molecule has 3 aromatic carbocycles. The van der Waals surface area contributed by atoms with Crippen molar-refractivity contribution < 1.29 is 23.2 Å². The van der Waals surface area contributed by atoms with E-state index >= 15 is 0 Å². The van der Waals surface area contributed by atoms with E-state index in [1.807, 2.05) is 0 Å². The van der Waals surface area contributed by atoms with Gasteiger partial charge >= 0.3 is 0 Å². The monoisotopic (exact) mass is 505 g/mol. The Balaban J connectivity index is 1.42. The Morgan fingerprint density at radius 1 is 0.892 bits per heavy atom. The first-order valence-corrected chi connectivity index (χ1v) is 12.3. The highest BCUT2D eigenvalue weighted by molar-refractivity contribution is 6.07. The average Bonchev–Trinajstić information content (AvgIpc) is 2.90. The van der Waals surface area contributed by atoms with E-state index in [4.69, 9.17) is 0 Å². The van der Waals surface area contributed by atoms with Crippen LogP contribution in [0.25, 0.3) is 0 Å². The first kappa shape index (κ1) is 26.2. The number of Topliss-reactive ketones (excluding diaryl/α,β-unsaturated/α-hetero) is 1. The molecule has 1 heterocycles. The summed E-state index contributed by atoms with van der Waals surface area (Å²) in [6.45, 7) is 3.73. The van der Waals surface area contributed by atoms with Gasteiger partial charge in [0.2, 0.25) is 5.91 Å². The Labute approximate surface area is 214 Å². The smallest absolute Gasteiger partial charge is 0.258 e. The highest BCUT2D eigenvalue weighted by atomic mass is 19.1. The Morgan fingerprint density at radius 3 is 2.14 bits per heavy atom. The van der Waals surface area contributed by atoms with Crippen molar-refractivity contribution in [3.8, 4) is 0 Å². The number of piperidine rings is 1. The van der Waals surface area contributed by atoms with Crippen LogP contribution in [0.2, 0.25) is 0 Å². The zero-order valence-corrected chi connectivity index (χ0v) is 20.6. The second kappa shape index (κ2) is 11.9. The minimum Gasteiger partial charge on any atom is -0.326 e. The molecule has 1 N–H and O–H groups in total. The van der Waals surface area contributed by atoms with Crippen LogP contribution in [0.5, 0.6) is 0 Å². The fraction of sp³-hybridized carbons (Fsp3) is 0.276. The first-order valence-electron chi connectivity index (χ1n) is 12.3. The van der Waals surface area contributed by atoms with Crippen molar-refractivity contribution in [3.05, 3.63) is 95.6 Å². The van der Waals surface area contributed by atoms with Gasteiger partial charge < -0.3 is 15.1 Å². The maximum absolute atomic E-state index is 13.6. The molecule has 4 rings (SSSR count). The molecule has 0 radical (unpaired) electrons. The van der Waals surface area contributed by atoms with Gasteiger partial charge in [0.1, 0.15) is 11.6 Å². The normalized spacial score (nSPS) is 14.2. The third kappa shape index (κ3) is 6.86. The topological polar surface area (TPSA) is 69.7 Å². The molecule has 1 fully saturated rings. The van der Waals surface area contributed by atoms with E-state index < -0.39 is 5.82 Å². The molecule has 3 aromatic rings. The van der Waals surface area contributed by atoms with Crippen LogP contribution in [-0.4, -0.2) is 48.7 Å². The minimum absolute atomic E-state index is 0.0295. The summed E-state index contributed by atoms with van der Waals surface area (Å²) in [7, 11) is 0. The number of ketones is 1. The number of hydrogen-bond acceptors (Lipinski definition) is 4. The molecule has 0 unspecified atom stereocenters. The van der Waals surface area contributed by atoms with Crippen molar-refractivity contribution in [2.75, 3.05) is 36.4 Å². The van der Waals surface area contributed by atoms with Crippen LogP contribution in [0.15, 0.2) is 72.8 Å². The van der Waals surface area contributed by atoms with Gasteiger partial charge in [-0.25, -0.2) is 8.78 Å². The number of likely N-dealkylation sites (tertiary alicyclic amines) is 1. The van der Waals surface area contributed by atoms with E-state index in [2.05, 4.69) is 10.2 Å². The predicted octanol–water partition coefficient (Wildman–Crippen LogP) is 5.16. The number of nitrogens with one attached hydrogen (secondary N) is 1. The van der Waals surface area contributed by atoms with Crippen molar-refractivity contribution in [1.82, 2.24) is 4.90 Å². The summed E-state index contributed by atoms with van der Waals surface area (Å²) in [4.78, 5) is 41.5. The average molecular weight is 506 g/mol. The fourth-order valence-electron chi connectivity index (χ4n) is 4.57. The zero-order valence-electron chi connectivity index (χ0n) is 20.6.